The third-order valence-corrected chi connectivity index (χ3v) is 4.69. The number of nitrogens with zero attached hydrogens (tertiary/aromatic N) is 1. The fraction of sp³-hybridized carbons (Fsp3) is 0.611. The van der Waals surface area contributed by atoms with E-state index in [1.807, 2.05) is 17.0 Å². The van der Waals surface area contributed by atoms with E-state index in [-0.39, 0.29) is 11.8 Å². The van der Waals surface area contributed by atoms with Gasteiger partial charge >= 0.3 is 0 Å². The van der Waals surface area contributed by atoms with Gasteiger partial charge in [0.2, 0.25) is 5.91 Å². The number of hydrogen-bond acceptors (Lipinski definition) is 2. The van der Waals surface area contributed by atoms with E-state index in [4.69, 9.17) is 4.74 Å². The van der Waals surface area contributed by atoms with E-state index in [0.717, 1.165) is 24.4 Å². The molecule has 1 aliphatic carbocycles. The van der Waals surface area contributed by atoms with Crippen LogP contribution in [0, 0.1) is 5.92 Å². The Hall–Kier alpha value is -1.51. The van der Waals surface area contributed by atoms with Gasteiger partial charge in [-0.2, -0.15) is 0 Å². The highest BCUT2D eigenvalue weighted by Crippen LogP contribution is 2.38. The van der Waals surface area contributed by atoms with Crippen molar-refractivity contribution < 1.29 is 9.53 Å². The van der Waals surface area contributed by atoms with Gasteiger partial charge in [-0.1, -0.05) is 25.0 Å². The van der Waals surface area contributed by atoms with Gasteiger partial charge in [0.15, 0.2) is 0 Å². The molecule has 21 heavy (non-hydrogen) atoms. The second-order valence-electron chi connectivity index (χ2n) is 5.81. The summed E-state index contributed by atoms with van der Waals surface area (Å²) in [5, 5.41) is 0. The Morgan fingerprint density at radius 3 is 2.24 bits per heavy atom. The van der Waals surface area contributed by atoms with Crippen LogP contribution in [0.3, 0.4) is 0 Å². The van der Waals surface area contributed by atoms with Crippen molar-refractivity contribution in [1.29, 1.82) is 0 Å². The number of amides is 1. The van der Waals surface area contributed by atoms with Crippen molar-refractivity contribution in [3.8, 4) is 5.75 Å². The Kier molecular flexibility index (Phi) is 5.66. The van der Waals surface area contributed by atoms with Crippen molar-refractivity contribution in [2.45, 2.75) is 45.4 Å². The molecule has 0 radical (unpaired) electrons. The van der Waals surface area contributed by atoms with Crippen molar-refractivity contribution in [3.63, 3.8) is 0 Å². The van der Waals surface area contributed by atoms with Crippen molar-refractivity contribution in [1.82, 2.24) is 4.90 Å². The third-order valence-electron chi connectivity index (χ3n) is 4.69. The molecule has 2 rings (SSSR count). The minimum atomic E-state index is 0.0123. The molecule has 0 aliphatic heterocycles. The normalized spacial score (nSPS) is 16.7. The predicted molar refractivity (Wildman–Crippen MR) is 85.6 cm³/mol. The van der Waals surface area contributed by atoms with Crippen molar-refractivity contribution in [2.75, 3.05) is 20.2 Å². The van der Waals surface area contributed by atoms with Gasteiger partial charge in [0.25, 0.3) is 0 Å². The molecule has 3 nitrogen and oxygen atoms in total. The summed E-state index contributed by atoms with van der Waals surface area (Å²) in [6, 6.07) is 8.05. The average molecular weight is 289 g/mol. The van der Waals surface area contributed by atoms with Gasteiger partial charge in [-0.25, -0.2) is 0 Å². The maximum atomic E-state index is 12.9. The Morgan fingerprint density at radius 2 is 1.76 bits per heavy atom. The maximum absolute atomic E-state index is 12.9. The van der Waals surface area contributed by atoms with E-state index in [1.54, 1.807) is 7.11 Å². The maximum Gasteiger partial charge on any atom is 0.230 e. The van der Waals surface area contributed by atoms with Crippen LogP contribution in [0.2, 0.25) is 0 Å². The standard InChI is InChI=1S/C18H27NO2/c1-4-19(5-2)18(20)17(14-8-6-7-9-14)15-10-12-16(21-3)13-11-15/h10-14,17H,4-9H2,1-3H3. The van der Waals surface area contributed by atoms with Gasteiger partial charge in [-0.3, -0.25) is 4.79 Å². The molecule has 0 saturated heterocycles. The molecule has 0 heterocycles. The largest absolute Gasteiger partial charge is 0.497 e. The summed E-state index contributed by atoms with van der Waals surface area (Å²) in [7, 11) is 1.67. The first kappa shape index (κ1) is 15.9. The van der Waals surface area contributed by atoms with Crippen LogP contribution in [-0.2, 0) is 4.79 Å². The SMILES string of the molecule is CCN(CC)C(=O)C(c1ccc(OC)cc1)C1CCCC1. The van der Waals surface area contributed by atoms with Gasteiger partial charge in [-0.05, 0) is 50.3 Å². The number of rotatable bonds is 6. The smallest absolute Gasteiger partial charge is 0.230 e. The summed E-state index contributed by atoms with van der Waals surface area (Å²) in [4.78, 5) is 14.9. The number of hydrogen-bond donors (Lipinski definition) is 0. The Bertz CT molecular complexity index is 445. The monoisotopic (exact) mass is 289 g/mol. The molecule has 1 aromatic rings. The second-order valence-corrected chi connectivity index (χ2v) is 5.81. The van der Waals surface area contributed by atoms with E-state index in [9.17, 15) is 4.79 Å². The van der Waals surface area contributed by atoms with E-state index < -0.39 is 0 Å². The summed E-state index contributed by atoms with van der Waals surface area (Å²) in [6.07, 6.45) is 4.85. The van der Waals surface area contributed by atoms with E-state index in [1.165, 1.54) is 25.7 Å². The van der Waals surface area contributed by atoms with Gasteiger partial charge in [-0.15, -0.1) is 0 Å². The highest BCUT2D eigenvalue weighted by molar-refractivity contribution is 5.84. The lowest BCUT2D eigenvalue weighted by atomic mass is 9.83. The number of carbonyl (C=O) groups excluding carboxylic acids is 1. The molecular weight excluding hydrogens is 262 g/mol. The average Bonchev–Trinajstić information content (AvgIpc) is 3.03. The van der Waals surface area contributed by atoms with Gasteiger partial charge in [0.05, 0.1) is 13.0 Å². The quantitative estimate of drug-likeness (QED) is 0.796. The number of carbonyl (C=O) groups is 1. The lowest BCUT2D eigenvalue weighted by molar-refractivity contribution is -0.133. The van der Waals surface area contributed by atoms with E-state index in [2.05, 4.69) is 26.0 Å². The zero-order chi connectivity index (χ0) is 15.2. The second kappa shape index (κ2) is 7.48. The first-order chi connectivity index (χ1) is 10.2. The summed E-state index contributed by atoms with van der Waals surface area (Å²) < 4.78 is 5.23. The first-order valence-corrected chi connectivity index (χ1v) is 8.14. The summed E-state index contributed by atoms with van der Waals surface area (Å²) in [5.74, 6) is 1.64. The molecule has 0 bridgehead atoms. The number of likely N-dealkylation sites (N-methyl/N-ethyl adjacent to an activating group) is 1. The minimum absolute atomic E-state index is 0.0123. The van der Waals surface area contributed by atoms with Crippen LogP contribution in [0.4, 0.5) is 0 Å². The Labute approximate surface area is 128 Å². The van der Waals surface area contributed by atoms with Crippen LogP contribution in [0.15, 0.2) is 24.3 Å². The molecule has 1 amide bonds. The molecule has 0 N–H and O–H groups in total. The van der Waals surface area contributed by atoms with Crippen LogP contribution in [-0.4, -0.2) is 31.0 Å². The van der Waals surface area contributed by atoms with Gasteiger partial charge < -0.3 is 9.64 Å². The lowest BCUT2D eigenvalue weighted by Crippen LogP contribution is -2.37. The predicted octanol–water partition coefficient (Wildman–Crippen LogP) is 3.84. The zero-order valence-corrected chi connectivity index (χ0v) is 13.5. The summed E-state index contributed by atoms with van der Waals surface area (Å²) in [6.45, 7) is 5.69. The van der Waals surface area contributed by atoms with Crippen LogP contribution in [0.25, 0.3) is 0 Å². The van der Waals surface area contributed by atoms with Crippen molar-refractivity contribution in [3.05, 3.63) is 29.8 Å². The first-order valence-electron chi connectivity index (χ1n) is 8.14. The van der Waals surface area contributed by atoms with Gasteiger partial charge in [0.1, 0.15) is 5.75 Å². The molecule has 1 unspecified atom stereocenters. The van der Waals surface area contributed by atoms with Crippen LogP contribution < -0.4 is 4.74 Å². The molecule has 1 atom stereocenters. The molecular formula is C18H27NO2. The molecule has 1 fully saturated rings. The molecule has 1 saturated carbocycles. The van der Waals surface area contributed by atoms with E-state index >= 15 is 0 Å². The van der Waals surface area contributed by atoms with Crippen LogP contribution in [0.1, 0.15) is 51.0 Å². The number of methoxy groups -OCH3 is 1. The minimum Gasteiger partial charge on any atom is -0.497 e. The van der Waals surface area contributed by atoms with Gasteiger partial charge in [0, 0.05) is 13.1 Å². The van der Waals surface area contributed by atoms with Crippen LogP contribution in [0.5, 0.6) is 5.75 Å². The fourth-order valence-corrected chi connectivity index (χ4v) is 3.45. The number of ether oxygens (including phenoxy) is 1. The highest BCUT2D eigenvalue weighted by Gasteiger charge is 2.33. The highest BCUT2D eigenvalue weighted by atomic mass is 16.5. The molecule has 1 aliphatic rings. The fourth-order valence-electron chi connectivity index (χ4n) is 3.45. The molecule has 1 aromatic carbocycles. The van der Waals surface area contributed by atoms with Crippen LogP contribution >= 0.6 is 0 Å². The van der Waals surface area contributed by atoms with Crippen molar-refractivity contribution >= 4 is 5.91 Å². The zero-order valence-electron chi connectivity index (χ0n) is 13.5. The Morgan fingerprint density at radius 1 is 1.19 bits per heavy atom. The molecule has 0 spiro atoms. The molecule has 3 heteroatoms. The third kappa shape index (κ3) is 3.58. The summed E-state index contributed by atoms with van der Waals surface area (Å²) >= 11 is 0. The number of benzene rings is 1. The molecule has 0 aromatic heterocycles. The Balaban J connectivity index is 2.28. The van der Waals surface area contributed by atoms with Crippen molar-refractivity contribution in [2.24, 2.45) is 5.92 Å². The lowest BCUT2D eigenvalue weighted by Gasteiger charge is -2.29. The van der Waals surface area contributed by atoms with E-state index in [0.29, 0.717) is 5.92 Å². The summed E-state index contributed by atoms with van der Waals surface area (Å²) in [5.41, 5.74) is 1.14. The molecule has 116 valence electrons. The topological polar surface area (TPSA) is 29.5 Å².